The molecule has 1 fully saturated rings. The molecule has 8 nitrogen and oxygen atoms in total. The smallest absolute Gasteiger partial charge is 0.255 e. The van der Waals surface area contributed by atoms with Crippen molar-refractivity contribution in [3.05, 3.63) is 83.4 Å². The number of hydrogen-bond donors (Lipinski definition) is 1. The molecule has 2 aliphatic heterocycles. The van der Waals surface area contributed by atoms with Crippen molar-refractivity contribution in [2.45, 2.75) is 45.2 Å². The largest absolute Gasteiger partial charge is 0.490 e. The van der Waals surface area contributed by atoms with Gasteiger partial charge in [0, 0.05) is 23.4 Å². The topological polar surface area (TPSA) is 88.0 Å². The number of nitrogens with zero attached hydrogens (tertiary/aromatic N) is 2. The first-order valence-corrected chi connectivity index (χ1v) is 13.6. The SMILES string of the molecule is CCCOc1ccc([C@H]2CN3C(=O)CN(Cc4ccco4)C(=O)[C@]3(C)c3[nH]c4ccccc4c32)cc1OCC. The van der Waals surface area contributed by atoms with E-state index in [1.54, 1.807) is 22.1 Å². The van der Waals surface area contributed by atoms with Gasteiger partial charge in [-0.25, -0.2) is 0 Å². The number of amides is 2. The monoisotopic (exact) mass is 527 g/mol. The summed E-state index contributed by atoms with van der Waals surface area (Å²) in [6.07, 6.45) is 2.48. The Balaban J connectivity index is 1.48. The minimum absolute atomic E-state index is 0.00535. The highest BCUT2D eigenvalue weighted by Gasteiger charge is 2.56. The van der Waals surface area contributed by atoms with Gasteiger partial charge in [-0.1, -0.05) is 31.2 Å². The lowest BCUT2D eigenvalue weighted by Crippen LogP contribution is -2.67. The molecule has 0 radical (unpaired) electrons. The van der Waals surface area contributed by atoms with Crippen LogP contribution in [0, 0.1) is 0 Å². The van der Waals surface area contributed by atoms with Gasteiger partial charge in [-0.2, -0.15) is 0 Å². The van der Waals surface area contributed by atoms with Crippen LogP contribution in [0.3, 0.4) is 0 Å². The number of aromatic amines is 1. The van der Waals surface area contributed by atoms with Crippen LogP contribution in [0.1, 0.15) is 55.7 Å². The Bertz CT molecular complexity index is 1520. The van der Waals surface area contributed by atoms with Crippen LogP contribution in [0.5, 0.6) is 11.5 Å². The molecule has 6 rings (SSSR count). The number of rotatable bonds is 8. The summed E-state index contributed by atoms with van der Waals surface area (Å²) in [5.41, 5.74) is 2.57. The summed E-state index contributed by atoms with van der Waals surface area (Å²) >= 11 is 0. The first kappa shape index (κ1) is 25.1. The van der Waals surface area contributed by atoms with E-state index in [4.69, 9.17) is 13.9 Å². The average Bonchev–Trinajstić information content (AvgIpc) is 3.60. The van der Waals surface area contributed by atoms with Crippen LogP contribution >= 0.6 is 0 Å². The standard InChI is InChI=1S/C31H33N3O5/c1-4-14-39-25-13-12-20(16-26(25)37-5-2)23-18-34-27(35)19-33(17-21-9-8-15-38-21)30(36)31(34,3)29-28(23)22-10-6-7-11-24(22)32-29/h6-13,15-16,23,32H,4-5,14,17-19H2,1-3H3/t23-,31+/m1/s1. The third-order valence-corrected chi connectivity index (χ3v) is 7.88. The number of furan rings is 1. The number of benzene rings is 2. The quantitative estimate of drug-likeness (QED) is 0.341. The molecule has 202 valence electrons. The van der Waals surface area contributed by atoms with Crippen molar-refractivity contribution >= 4 is 22.7 Å². The van der Waals surface area contributed by atoms with Crippen molar-refractivity contribution in [2.24, 2.45) is 0 Å². The van der Waals surface area contributed by atoms with E-state index in [9.17, 15) is 9.59 Å². The van der Waals surface area contributed by atoms with Crippen LogP contribution in [0.4, 0.5) is 0 Å². The van der Waals surface area contributed by atoms with E-state index < -0.39 is 5.54 Å². The Morgan fingerprint density at radius 2 is 1.90 bits per heavy atom. The fourth-order valence-electron chi connectivity index (χ4n) is 6.03. The molecule has 39 heavy (non-hydrogen) atoms. The molecule has 4 heterocycles. The maximum atomic E-state index is 14.2. The zero-order chi connectivity index (χ0) is 27.1. The second-order valence-corrected chi connectivity index (χ2v) is 10.3. The van der Waals surface area contributed by atoms with Crippen molar-refractivity contribution < 1.29 is 23.5 Å². The molecule has 2 amide bonds. The Morgan fingerprint density at radius 1 is 1.05 bits per heavy atom. The summed E-state index contributed by atoms with van der Waals surface area (Å²) in [5, 5.41) is 1.05. The number of piperazine rings is 1. The fraction of sp³-hybridized carbons (Fsp3) is 0.355. The van der Waals surface area contributed by atoms with Crippen LogP contribution in [-0.4, -0.2) is 52.9 Å². The van der Waals surface area contributed by atoms with Crippen LogP contribution in [0.15, 0.2) is 65.3 Å². The lowest BCUT2D eigenvalue weighted by Gasteiger charge is -2.51. The Kier molecular flexibility index (Phi) is 6.33. The molecule has 2 atom stereocenters. The van der Waals surface area contributed by atoms with Gasteiger partial charge < -0.3 is 28.7 Å². The van der Waals surface area contributed by atoms with E-state index in [2.05, 4.69) is 18.0 Å². The molecule has 2 aromatic carbocycles. The number of carbonyl (C=O) groups excluding carboxylic acids is 2. The van der Waals surface area contributed by atoms with Gasteiger partial charge in [0.05, 0.1) is 31.7 Å². The van der Waals surface area contributed by atoms with Gasteiger partial charge in [-0.3, -0.25) is 9.59 Å². The van der Waals surface area contributed by atoms with Gasteiger partial charge >= 0.3 is 0 Å². The van der Waals surface area contributed by atoms with Crippen LogP contribution < -0.4 is 9.47 Å². The van der Waals surface area contributed by atoms with Crippen LogP contribution in [0.25, 0.3) is 10.9 Å². The van der Waals surface area contributed by atoms with Crippen LogP contribution in [0.2, 0.25) is 0 Å². The number of aromatic nitrogens is 1. The third kappa shape index (κ3) is 4.06. The van der Waals surface area contributed by atoms with Crippen molar-refractivity contribution in [3.8, 4) is 11.5 Å². The van der Waals surface area contributed by atoms with Crippen molar-refractivity contribution in [2.75, 3.05) is 26.3 Å². The van der Waals surface area contributed by atoms with E-state index in [0.29, 0.717) is 37.0 Å². The predicted octanol–water partition coefficient (Wildman–Crippen LogP) is 5.18. The second kappa shape index (κ2) is 9.84. The van der Waals surface area contributed by atoms with Gasteiger partial charge in [0.2, 0.25) is 5.91 Å². The molecule has 1 N–H and O–H groups in total. The fourth-order valence-corrected chi connectivity index (χ4v) is 6.03. The molecule has 0 aliphatic carbocycles. The molecule has 4 aromatic rings. The van der Waals surface area contributed by atoms with Gasteiger partial charge in [-0.05, 0) is 61.7 Å². The minimum Gasteiger partial charge on any atom is -0.490 e. The second-order valence-electron chi connectivity index (χ2n) is 10.3. The minimum atomic E-state index is -1.17. The zero-order valence-electron chi connectivity index (χ0n) is 22.5. The molecule has 0 unspecified atom stereocenters. The molecule has 0 spiro atoms. The summed E-state index contributed by atoms with van der Waals surface area (Å²) in [4.78, 5) is 34.7. The number of para-hydroxylation sites is 1. The number of hydrogen-bond acceptors (Lipinski definition) is 5. The summed E-state index contributed by atoms with van der Waals surface area (Å²) in [5.74, 6) is 1.67. The molecule has 0 bridgehead atoms. The zero-order valence-corrected chi connectivity index (χ0v) is 22.5. The molecule has 2 aliphatic rings. The molecule has 8 heteroatoms. The molecule has 0 saturated carbocycles. The highest BCUT2D eigenvalue weighted by molar-refractivity contribution is 6.01. The molecular formula is C31H33N3O5. The molecule has 2 aromatic heterocycles. The Hall–Kier alpha value is -4.20. The third-order valence-electron chi connectivity index (χ3n) is 7.88. The summed E-state index contributed by atoms with van der Waals surface area (Å²) < 4.78 is 17.4. The maximum Gasteiger partial charge on any atom is 0.255 e. The summed E-state index contributed by atoms with van der Waals surface area (Å²) in [6.45, 7) is 7.63. The highest BCUT2D eigenvalue weighted by atomic mass is 16.5. The summed E-state index contributed by atoms with van der Waals surface area (Å²) in [7, 11) is 0. The first-order chi connectivity index (χ1) is 19.0. The van der Waals surface area contributed by atoms with Crippen LogP contribution in [-0.2, 0) is 21.7 Å². The Labute approximate surface area is 227 Å². The number of nitrogens with one attached hydrogen (secondary N) is 1. The predicted molar refractivity (Wildman–Crippen MR) is 147 cm³/mol. The number of fused-ring (bicyclic) bond motifs is 5. The van der Waals surface area contributed by atoms with E-state index in [1.807, 2.05) is 56.3 Å². The van der Waals surface area contributed by atoms with E-state index in [0.717, 1.165) is 34.1 Å². The Morgan fingerprint density at radius 3 is 2.67 bits per heavy atom. The lowest BCUT2D eigenvalue weighted by molar-refractivity contribution is -0.167. The lowest BCUT2D eigenvalue weighted by atomic mass is 9.76. The number of ether oxygens (including phenoxy) is 2. The maximum absolute atomic E-state index is 14.2. The van der Waals surface area contributed by atoms with Crippen molar-refractivity contribution in [1.82, 2.24) is 14.8 Å². The van der Waals surface area contributed by atoms with Gasteiger partial charge in [-0.15, -0.1) is 0 Å². The van der Waals surface area contributed by atoms with Gasteiger partial charge in [0.1, 0.15) is 12.3 Å². The first-order valence-electron chi connectivity index (χ1n) is 13.6. The normalized spacial score (nSPS) is 20.7. The van der Waals surface area contributed by atoms with Crippen molar-refractivity contribution in [1.29, 1.82) is 0 Å². The number of carbonyl (C=O) groups is 2. The average molecular weight is 528 g/mol. The highest BCUT2D eigenvalue weighted by Crippen LogP contribution is 2.49. The van der Waals surface area contributed by atoms with Gasteiger partial charge in [0.15, 0.2) is 17.0 Å². The van der Waals surface area contributed by atoms with Crippen molar-refractivity contribution in [3.63, 3.8) is 0 Å². The van der Waals surface area contributed by atoms with Gasteiger partial charge in [0.25, 0.3) is 5.91 Å². The van der Waals surface area contributed by atoms with E-state index >= 15 is 0 Å². The van der Waals surface area contributed by atoms with E-state index in [-0.39, 0.29) is 30.8 Å². The summed E-state index contributed by atoms with van der Waals surface area (Å²) in [6, 6.07) is 17.7. The molecule has 1 saturated heterocycles. The number of H-pyrrole nitrogens is 1. The van der Waals surface area contributed by atoms with E-state index in [1.165, 1.54) is 0 Å². The molecular weight excluding hydrogens is 494 g/mol.